The van der Waals surface area contributed by atoms with Gasteiger partial charge in [0.25, 0.3) is 5.91 Å². The van der Waals surface area contributed by atoms with Crippen LogP contribution in [-0.4, -0.2) is 30.6 Å². The van der Waals surface area contributed by atoms with Gasteiger partial charge < -0.3 is 19.8 Å². The molecule has 27 heavy (non-hydrogen) atoms. The molecule has 2 aromatic carbocycles. The van der Waals surface area contributed by atoms with Gasteiger partial charge in [0.15, 0.2) is 11.5 Å². The Morgan fingerprint density at radius 1 is 1.00 bits per heavy atom. The molecule has 2 N–H and O–H groups in total. The lowest BCUT2D eigenvalue weighted by Gasteiger charge is -2.12. The van der Waals surface area contributed by atoms with Gasteiger partial charge in [0.2, 0.25) is 0 Å². The zero-order chi connectivity index (χ0) is 19.2. The zero-order valence-corrected chi connectivity index (χ0v) is 16.1. The lowest BCUT2D eigenvalue weighted by molar-refractivity contribution is 0.0950. The highest BCUT2D eigenvalue weighted by atomic mass is 16.5. The number of aromatic nitrogens is 1. The maximum Gasteiger partial charge on any atom is 0.267 e. The van der Waals surface area contributed by atoms with Gasteiger partial charge in [-0.15, -0.1) is 0 Å². The Balaban J connectivity index is 1.61. The molecule has 0 aliphatic rings. The summed E-state index contributed by atoms with van der Waals surface area (Å²) in [5, 5.41) is 4.02. The van der Waals surface area contributed by atoms with E-state index in [1.807, 2.05) is 57.2 Å². The molecule has 0 aliphatic carbocycles. The maximum absolute atomic E-state index is 12.4. The second-order valence-electron chi connectivity index (χ2n) is 6.43. The highest BCUT2D eigenvalue weighted by Gasteiger charge is 2.10. The molecule has 0 bridgehead atoms. The van der Waals surface area contributed by atoms with Crippen LogP contribution in [-0.2, 0) is 6.42 Å². The van der Waals surface area contributed by atoms with Crippen molar-refractivity contribution in [3.8, 4) is 11.5 Å². The van der Waals surface area contributed by atoms with Crippen LogP contribution in [0.15, 0.2) is 42.5 Å². The maximum atomic E-state index is 12.4. The number of benzene rings is 2. The van der Waals surface area contributed by atoms with Crippen LogP contribution in [0.5, 0.6) is 11.5 Å². The molecule has 3 aromatic rings. The second kappa shape index (κ2) is 8.62. The van der Waals surface area contributed by atoms with E-state index in [4.69, 9.17) is 9.47 Å². The Hall–Kier alpha value is -2.95. The van der Waals surface area contributed by atoms with Crippen molar-refractivity contribution in [2.45, 2.75) is 27.2 Å². The third-order valence-corrected chi connectivity index (χ3v) is 4.33. The Morgan fingerprint density at radius 3 is 2.56 bits per heavy atom. The monoisotopic (exact) mass is 366 g/mol. The largest absolute Gasteiger partial charge is 0.490 e. The molecular formula is C22H26N2O3. The minimum Gasteiger partial charge on any atom is -0.490 e. The summed E-state index contributed by atoms with van der Waals surface area (Å²) in [4.78, 5) is 15.6. The van der Waals surface area contributed by atoms with Gasteiger partial charge in [-0.3, -0.25) is 4.79 Å². The smallest absolute Gasteiger partial charge is 0.267 e. The van der Waals surface area contributed by atoms with Crippen molar-refractivity contribution in [1.82, 2.24) is 10.3 Å². The Kier molecular flexibility index (Phi) is 6.01. The molecule has 0 saturated carbocycles. The number of carbonyl (C=O) groups is 1. The number of hydrogen-bond donors (Lipinski definition) is 2. The van der Waals surface area contributed by atoms with Crippen molar-refractivity contribution in [2.75, 3.05) is 19.8 Å². The number of fused-ring (bicyclic) bond motifs is 1. The summed E-state index contributed by atoms with van der Waals surface area (Å²) in [6.07, 6.45) is 0.720. The quantitative estimate of drug-likeness (QED) is 0.626. The average molecular weight is 366 g/mol. The van der Waals surface area contributed by atoms with Crippen LogP contribution in [0.3, 0.4) is 0 Å². The van der Waals surface area contributed by atoms with Gasteiger partial charge in [-0.05, 0) is 63.1 Å². The molecule has 142 valence electrons. The first-order valence-electron chi connectivity index (χ1n) is 9.36. The normalized spacial score (nSPS) is 10.8. The van der Waals surface area contributed by atoms with E-state index in [1.54, 1.807) is 0 Å². The number of hydrogen-bond acceptors (Lipinski definition) is 3. The molecule has 0 fully saturated rings. The highest BCUT2D eigenvalue weighted by Crippen LogP contribution is 2.28. The topological polar surface area (TPSA) is 63.3 Å². The molecule has 0 unspecified atom stereocenters. The summed E-state index contributed by atoms with van der Waals surface area (Å²) in [6.45, 7) is 7.67. The summed E-state index contributed by atoms with van der Waals surface area (Å²) < 4.78 is 11.2. The SMILES string of the molecule is CCOc1ccc(CCNC(=O)c2cc3cc(C)ccc3[nH]2)cc1OCC. The number of nitrogens with one attached hydrogen (secondary N) is 2. The third kappa shape index (κ3) is 4.61. The van der Waals surface area contributed by atoms with E-state index in [9.17, 15) is 4.79 Å². The first-order chi connectivity index (χ1) is 13.1. The number of H-pyrrole nitrogens is 1. The first kappa shape index (κ1) is 18.8. The van der Waals surface area contributed by atoms with Crippen molar-refractivity contribution in [1.29, 1.82) is 0 Å². The number of carbonyl (C=O) groups excluding carboxylic acids is 1. The van der Waals surface area contributed by atoms with Crippen molar-refractivity contribution in [3.63, 3.8) is 0 Å². The molecule has 0 aliphatic heterocycles. The summed E-state index contributed by atoms with van der Waals surface area (Å²) in [7, 11) is 0. The highest BCUT2D eigenvalue weighted by molar-refractivity contribution is 5.98. The zero-order valence-electron chi connectivity index (χ0n) is 16.1. The predicted molar refractivity (Wildman–Crippen MR) is 108 cm³/mol. The molecular weight excluding hydrogens is 340 g/mol. The minimum absolute atomic E-state index is 0.0974. The van der Waals surface area contributed by atoms with Crippen molar-refractivity contribution < 1.29 is 14.3 Å². The number of rotatable bonds is 8. The molecule has 0 radical (unpaired) electrons. The van der Waals surface area contributed by atoms with Crippen molar-refractivity contribution >= 4 is 16.8 Å². The number of amides is 1. The number of ether oxygens (including phenoxy) is 2. The van der Waals surface area contributed by atoms with Crippen molar-refractivity contribution in [2.24, 2.45) is 0 Å². The second-order valence-corrected chi connectivity index (χ2v) is 6.43. The number of aryl methyl sites for hydroxylation is 1. The average Bonchev–Trinajstić information content (AvgIpc) is 3.07. The van der Waals surface area contributed by atoms with E-state index in [0.717, 1.165) is 34.4 Å². The van der Waals surface area contributed by atoms with Crippen LogP contribution in [0.1, 0.15) is 35.5 Å². The van der Waals surface area contributed by atoms with Crippen LogP contribution < -0.4 is 14.8 Å². The molecule has 0 spiro atoms. The first-order valence-corrected chi connectivity index (χ1v) is 9.36. The molecule has 5 heteroatoms. The van der Waals surface area contributed by atoms with Crippen LogP contribution >= 0.6 is 0 Å². The lowest BCUT2D eigenvalue weighted by Crippen LogP contribution is -2.25. The summed E-state index contributed by atoms with van der Waals surface area (Å²) in [6, 6.07) is 13.9. The van der Waals surface area contributed by atoms with E-state index in [0.29, 0.717) is 25.5 Å². The van der Waals surface area contributed by atoms with E-state index in [1.165, 1.54) is 5.56 Å². The van der Waals surface area contributed by atoms with Gasteiger partial charge in [0.05, 0.1) is 13.2 Å². The predicted octanol–water partition coefficient (Wildman–Crippen LogP) is 4.25. The van der Waals surface area contributed by atoms with E-state index < -0.39 is 0 Å². The summed E-state index contributed by atoms with van der Waals surface area (Å²) in [5.74, 6) is 1.40. The fourth-order valence-corrected chi connectivity index (χ4v) is 3.04. The summed E-state index contributed by atoms with van der Waals surface area (Å²) in [5.41, 5.74) is 3.82. The molecule has 1 amide bonds. The number of aromatic amines is 1. The van der Waals surface area contributed by atoms with Gasteiger partial charge in [-0.1, -0.05) is 17.7 Å². The van der Waals surface area contributed by atoms with Gasteiger partial charge in [-0.2, -0.15) is 0 Å². The van der Waals surface area contributed by atoms with E-state index in [-0.39, 0.29) is 5.91 Å². The van der Waals surface area contributed by atoms with Gasteiger partial charge in [-0.25, -0.2) is 0 Å². The Bertz CT molecular complexity index is 930. The fraction of sp³-hybridized carbons (Fsp3) is 0.318. The van der Waals surface area contributed by atoms with E-state index >= 15 is 0 Å². The minimum atomic E-state index is -0.0974. The van der Waals surface area contributed by atoms with Gasteiger partial charge in [0, 0.05) is 17.4 Å². The molecule has 0 saturated heterocycles. The third-order valence-electron chi connectivity index (χ3n) is 4.33. The standard InChI is InChI=1S/C22H26N2O3/c1-4-26-20-9-7-16(13-21(20)27-5-2)10-11-23-22(25)19-14-17-12-15(3)6-8-18(17)24-19/h6-9,12-14,24H,4-5,10-11H2,1-3H3,(H,23,25). The molecule has 0 atom stereocenters. The fourth-order valence-electron chi connectivity index (χ4n) is 3.04. The van der Waals surface area contributed by atoms with Crippen LogP contribution in [0.4, 0.5) is 0 Å². The van der Waals surface area contributed by atoms with Crippen molar-refractivity contribution in [3.05, 3.63) is 59.3 Å². The van der Waals surface area contributed by atoms with Crippen LogP contribution in [0.2, 0.25) is 0 Å². The van der Waals surface area contributed by atoms with E-state index in [2.05, 4.69) is 16.4 Å². The molecule has 1 aromatic heterocycles. The Morgan fingerprint density at radius 2 is 1.78 bits per heavy atom. The summed E-state index contributed by atoms with van der Waals surface area (Å²) >= 11 is 0. The van der Waals surface area contributed by atoms with Gasteiger partial charge >= 0.3 is 0 Å². The molecule has 1 heterocycles. The molecule has 3 rings (SSSR count). The molecule has 5 nitrogen and oxygen atoms in total. The van der Waals surface area contributed by atoms with Gasteiger partial charge in [0.1, 0.15) is 5.69 Å². The Labute approximate surface area is 159 Å². The lowest BCUT2D eigenvalue weighted by atomic mass is 10.1. The van der Waals surface area contributed by atoms with Crippen LogP contribution in [0, 0.1) is 6.92 Å². The van der Waals surface area contributed by atoms with Crippen LogP contribution in [0.25, 0.3) is 10.9 Å².